The molecule has 6 heteroatoms. The van der Waals surface area contributed by atoms with Gasteiger partial charge in [0.25, 0.3) is 0 Å². The lowest BCUT2D eigenvalue weighted by molar-refractivity contribution is -0.122. The highest BCUT2D eigenvalue weighted by Crippen LogP contribution is 1.99. The number of hydrogen-bond donors (Lipinski definition) is 2. The van der Waals surface area contributed by atoms with Crippen LogP contribution < -0.4 is 10.6 Å². The number of nitrogens with zero attached hydrogens (tertiary/aromatic N) is 1. The number of rotatable bonds is 3. The van der Waals surface area contributed by atoms with Crippen LogP contribution in [-0.4, -0.2) is 55.2 Å². The summed E-state index contributed by atoms with van der Waals surface area (Å²) < 4.78 is 5.16. The van der Waals surface area contributed by atoms with Crippen LogP contribution in [0.3, 0.4) is 0 Å². The van der Waals surface area contributed by atoms with E-state index < -0.39 is 0 Å². The molecule has 0 atom stereocenters. The summed E-state index contributed by atoms with van der Waals surface area (Å²) in [6, 6.07) is -0.123. The highest BCUT2D eigenvalue weighted by Gasteiger charge is 2.17. The van der Waals surface area contributed by atoms with Crippen LogP contribution in [0.5, 0.6) is 0 Å². The first-order chi connectivity index (χ1) is 8.38. The molecule has 0 aliphatic carbocycles. The van der Waals surface area contributed by atoms with Gasteiger partial charge in [0.2, 0.25) is 5.91 Å². The van der Waals surface area contributed by atoms with E-state index in [0.717, 1.165) is 0 Å². The molecule has 0 bridgehead atoms. The zero-order valence-electron chi connectivity index (χ0n) is 11.4. The fourth-order valence-electron chi connectivity index (χ4n) is 1.64. The number of hydrogen-bond acceptors (Lipinski definition) is 3. The van der Waals surface area contributed by atoms with Gasteiger partial charge < -0.3 is 20.3 Å². The van der Waals surface area contributed by atoms with Crippen molar-refractivity contribution in [2.75, 3.05) is 32.8 Å². The average molecular weight is 257 g/mol. The van der Waals surface area contributed by atoms with Crippen molar-refractivity contribution in [3.8, 4) is 0 Å². The molecule has 6 nitrogen and oxygen atoms in total. The van der Waals surface area contributed by atoms with Gasteiger partial charge in [0.15, 0.2) is 0 Å². The number of ether oxygens (including phenoxy) is 1. The van der Waals surface area contributed by atoms with Gasteiger partial charge in [-0.3, -0.25) is 4.79 Å². The third kappa shape index (κ3) is 5.86. The van der Waals surface area contributed by atoms with Crippen LogP contribution in [0.25, 0.3) is 0 Å². The van der Waals surface area contributed by atoms with E-state index in [-0.39, 0.29) is 17.5 Å². The molecule has 3 amide bonds. The maximum atomic E-state index is 11.7. The fourth-order valence-corrected chi connectivity index (χ4v) is 1.64. The molecule has 0 radical (unpaired) electrons. The van der Waals surface area contributed by atoms with Gasteiger partial charge in [0, 0.05) is 31.6 Å². The van der Waals surface area contributed by atoms with Gasteiger partial charge in [-0.05, 0) is 20.8 Å². The number of amides is 3. The SMILES string of the molecule is CC(C)(C)NC(=O)CCNC(=O)N1CCOCC1. The number of carbonyl (C=O) groups excluding carboxylic acids is 2. The summed E-state index contributed by atoms with van der Waals surface area (Å²) in [5.41, 5.74) is -0.231. The van der Waals surface area contributed by atoms with Crippen LogP contribution in [0.1, 0.15) is 27.2 Å². The Balaban J connectivity index is 2.17. The zero-order chi connectivity index (χ0) is 13.6. The summed E-state index contributed by atoms with van der Waals surface area (Å²) >= 11 is 0. The molecular formula is C12H23N3O3. The molecule has 0 aromatic carbocycles. The van der Waals surface area contributed by atoms with Crippen molar-refractivity contribution >= 4 is 11.9 Å². The number of carbonyl (C=O) groups is 2. The molecule has 18 heavy (non-hydrogen) atoms. The van der Waals surface area contributed by atoms with E-state index in [2.05, 4.69) is 10.6 Å². The Morgan fingerprint density at radius 3 is 2.39 bits per heavy atom. The molecule has 0 aromatic rings. The topological polar surface area (TPSA) is 70.7 Å². The fraction of sp³-hybridized carbons (Fsp3) is 0.833. The lowest BCUT2D eigenvalue weighted by Gasteiger charge is -2.27. The summed E-state index contributed by atoms with van der Waals surface area (Å²) in [6.45, 7) is 8.53. The number of morpholine rings is 1. The van der Waals surface area contributed by atoms with Crippen molar-refractivity contribution in [2.24, 2.45) is 0 Å². The van der Waals surface area contributed by atoms with Gasteiger partial charge in [-0.15, -0.1) is 0 Å². The maximum Gasteiger partial charge on any atom is 0.317 e. The molecule has 0 unspecified atom stereocenters. The van der Waals surface area contributed by atoms with E-state index in [1.165, 1.54) is 0 Å². The molecule has 0 aromatic heterocycles. The van der Waals surface area contributed by atoms with Crippen LogP contribution in [0.15, 0.2) is 0 Å². The second-order valence-electron chi connectivity index (χ2n) is 5.38. The highest BCUT2D eigenvalue weighted by atomic mass is 16.5. The summed E-state index contributed by atoms with van der Waals surface area (Å²) in [4.78, 5) is 24.9. The van der Waals surface area contributed by atoms with Crippen LogP contribution in [0, 0.1) is 0 Å². The summed E-state index contributed by atoms with van der Waals surface area (Å²) in [6.07, 6.45) is 0.299. The Kier molecular flexibility index (Phi) is 5.40. The molecule has 1 fully saturated rings. The minimum atomic E-state index is -0.231. The molecule has 0 spiro atoms. The van der Waals surface area contributed by atoms with E-state index >= 15 is 0 Å². The largest absolute Gasteiger partial charge is 0.378 e. The van der Waals surface area contributed by atoms with Crippen molar-refractivity contribution in [2.45, 2.75) is 32.7 Å². The van der Waals surface area contributed by atoms with Crippen LogP contribution in [0.4, 0.5) is 4.79 Å². The predicted octanol–water partition coefficient (Wildman–Crippen LogP) is 0.333. The normalized spacial score (nSPS) is 16.3. The van der Waals surface area contributed by atoms with Crippen molar-refractivity contribution in [1.29, 1.82) is 0 Å². The first kappa shape index (κ1) is 14.8. The lowest BCUT2D eigenvalue weighted by atomic mass is 10.1. The summed E-state index contributed by atoms with van der Waals surface area (Å²) in [5, 5.41) is 5.59. The van der Waals surface area contributed by atoms with Crippen LogP contribution in [-0.2, 0) is 9.53 Å². The Morgan fingerprint density at radius 2 is 1.83 bits per heavy atom. The van der Waals surface area contributed by atoms with E-state index in [1.807, 2.05) is 20.8 Å². The first-order valence-electron chi connectivity index (χ1n) is 6.30. The smallest absolute Gasteiger partial charge is 0.317 e. The minimum absolute atomic E-state index is 0.0511. The van der Waals surface area contributed by atoms with Crippen LogP contribution in [0.2, 0.25) is 0 Å². The Morgan fingerprint density at radius 1 is 1.22 bits per heavy atom. The van der Waals surface area contributed by atoms with Gasteiger partial charge in [0.05, 0.1) is 13.2 Å². The molecule has 0 saturated carbocycles. The maximum absolute atomic E-state index is 11.7. The van der Waals surface area contributed by atoms with E-state index in [1.54, 1.807) is 4.90 Å². The second kappa shape index (κ2) is 6.58. The predicted molar refractivity (Wildman–Crippen MR) is 68.3 cm³/mol. The van der Waals surface area contributed by atoms with Crippen molar-refractivity contribution in [3.05, 3.63) is 0 Å². The third-order valence-electron chi connectivity index (χ3n) is 2.44. The molecule has 104 valence electrons. The Hall–Kier alpha value is -1.30. The Bertz CT molecular complexity index is 293. The molecule has 1 aliphatic heterocycles. The number of nitrogens with one attached hydrogen (secondary N) is 2. The molecule has 2 N–H and O–H groups in total. The van der Waals surface area contributed by atoms with Crippen molar-refractivity contribution < 1.29 is 14.3 Å². The van der Waals surface area contributed by atoms with Gasteiger partial charge in [0.1, 0.15) is 0 Å². The highest BCUT2D eigenvalue weighted by molar-refractivity contribution is 5.78. The third-order valence-corrected chi connectivity index (χ3v) is 2.44. The minimum Gasteiger partial charge on any atom is -0.378 e. The number of urea groups is 1. The average Bonchev–Trinajstić information content (AvgIpc) is 2.27. The van der Waals surface area contributed by atoms with E-state index in [4.69, 9.17) is 4.74 Å². The van der Waals surface area contributed by atoms with E-state index in [0.29, 0.717) is 39.3 Å². The monoisotopic (exact) mass is 257 g/mol. The van der Waals surface area contributed by atoms with Gasteiger partial charge in [-0.25, -0.2) is 4.79 Å². The molecule has 1 heterocycles. The van der Waals surface area contributed by atoms with Crippen molar-refractivity contribution in [1.82, 2.24) is 15.5 Å². The first-order valence-corrected chi connectivity index (χ1v) is 6.30. The second-order valence-corrected chi connectivity index (χ2v) is 5.38. The van der Waals surface area contributed by atoms with E-state index in [9.17, 15) is 9.59 Å². The van der Waals surface area contributed by atoms with Gasteiger partial charge in [-0.1, -0.05) is 0 Å². The van der Waals surface area contributed by atoms with Gasteiger partial charge >= 0.3 is 6.03 Å². The van der Waals surface area contributed by atoms with Crippen molar-refractivity contribution in [3.63, 3.8) is 0 Å². The van der Waals surface area contributed by atoms with Crippen LogP contribution >= 0.6 is 0 Å². The quantitative estimate of drug-likeness (QED) is 0.765. The molecule has 1 aliphatic rings. The Labute approximate surface area is 108 Å². The zero-order valence-corrected chi connectivity index (χ0v) is 11.4. The van der Waals surface area contributed by atoms with Gasteiger partial charge in [-0.2, -0.15) is 0 Å². The standard InChI is InChI=1S/C12H23N3O3/c1-12(2,3)14-10(16)4-5-13-11(17)15-6-8-18-9-7-15/h4-9H2,1-3H3,(H,13,17)(H,14,16). The molecule has 1 saturated heterocycles. The molecule has 1 rings (SSSR count). The molecular weight excluding hydrogens is 234 g/mol. The summed E-state index contributed by atoms with van der Waals surface area (Å²) in [5.74, 6) is -0.0511. The summed E-state index contributed by atoms with van der Waals surface area (Å²) in [7, 11) is 0. The lowest BCUT2D eigenvalue weighted by Crippen LogP contribution is -2.47.